The fourth-order valence-electron chi connectivity index (χ4n) is 0. The van der Waals surface area contributed by atoms with Crippen LogP contribution in [0.3, 0.4) is 0 Å². The van der Waals surface area contributed by atoms with Crippen LogP contribution in [0, 0.1) is 0 Å². The molecule has 6 heavy (non-hydrogen) atoms. The first-order chi connectivity index (χ1) is 0. The SMILES string of the molecule is F.F.F.F.[Ba+2].[H-].[H-].[H-].[Li+]. The van der Waals surface area contributed by atoms with Gasteiger partial charge in [-0.25, -0.2) is 0 Å². The Morgan fingerprint density at radius 2 is 0.667 bits per heavy atom. The largest absolute Gasteiger partial charge is 2.00 e. The Hall–Kier alpha value is 1.89. The summed E-state index contributed by atoms with van der Waals surface area (Å²) in [7, 11) is 0. The van der Waals surface area contributed by atoms with Gasteiger partial charge < -0.3 is 4.28 Å². The summed E-state index contributed by atoms with van der Waals surface area (Å²) in [6.07, 6.45) is 0. The number of halogens is 4. The molecule has 0 bridgehead atoms. The van der Waals surface area contributed by atoms with E-state index in [4.69, 9.17) is 0 Å². The molecule has 0 nitrogen and oxygen atoms in total. The Kier molecular flexibility index (Phi) is 1170. The van der Waals surface area contributed by atoms with E-state index in [0.717, 1.165) is 0 Å². The third kappa shape index (κ3) is 39.5. The second kappa shape index (κ2) is 67.0. The van der Waals surface area contributed by atoms with Crippen LogP contribution >= 0.6 is 0 Å². The second-order valence-electron chi connectivity index (χ2n) is 0. The minimum Gasteiger partial charge on any atom is -1.00 e. The molecule has 0 fully saturated rings. The van der Waals surface area contributed by atoms with E-state index in [-0.39, 0.29) is 90.8 Å². The molecule has 0 N–H and O–H groups in total. The molecule has 0 radical (unpaired) electrons. The third-order valence-corrected chi connectivity index (χ3v) is 0. The Labute approximate surface area is 89.6 Å². The standard InChI is InChI=1S/Ba.4FH.Li.3H/h;4*1H;;;;/q+2;;;;;+1;3*-1. The number of hydrogen-bond acceptors (Lipinski definition) is 0. The molecular formula is H7BaF4Li. The van der Waals surface area contributed by atoms with Crippen LogP contribution in [0.2, 0.25) is 0 Å². The summed E-state index contributed by atoms with van der Waals surface area (Å²) in [6.45, 7) is 0. The molecule has 0 saturated carbocycles. The average Bonchev–Trinajstić information content (AvgIpc) is 0. The van der Waals surface area contributed by atoms with Gasteiger partial charge in [-0.15, -0.1) is 0 Å². The van der Waals surface area contributed by atoms with Crippen LogP contribution < -0.4 is 18.9 Å². The van der Waals surface area contributed by atoms with Crippen LogP contribution in [0.1, 0.15) is 4.28 Å². The van der Waals surface area contributed by atoms with E-state index >= 15 is 0 Å². The zero-order valence-corrected chi connectivity index (χ0v) is 7.78. The van der Waals surface area contributed by atoms with Crippen LogP contribution in [-0.4, -0.2) is 48.9 Å². The topological polar surface area (TPSA) is 0 Å². The third-order valence-electron chi connectivity index (χ3n) is 0. The van der Waals surface area contributed by atoms with Gasteiger partial charge in [-0.1, -0.05) is 0 Å². The maximum Gasteiger partial charge on any atom is 2.00 e. The molecule has 0 saturated heterocycles. The molecular weight excluding hydrogens is 220 g/mol. The Bertz CT molecular complexity index is 15.8. The predicted molar refractivity (Wildman–Crippen MR) is 19.1 cm³/mol. The van der Waals surface area contributed by atoms with Gasteiger partial charge in [0.2, 0.25) is 0 Å². The van der Waals surface area contributed by atoms with E-state index < -0.39 is 0 Å². The van der Waals surface area contributed by atoms with Crippen LogP contribution in [0.4, 0.5) is 18.8 Å². The molecule has 38 valence electrons. The van der Waals surface area contributed by atoms with Crippen LogP contribution in [0.5, 0.6) is 0 Å². The van der Waals surface area contributed by atoms with E-state index in [1.165, 1.54) is 0 Å². The smallest absolute Gasteiger partial charge is 1.00 e. The van der Waals surface area contributed by atoms with E-state index in [1.54, 1.807) is 0 Å². The van der Waals surface area contributed by atoms with Crippen molar-refractivity contribution >= 4 is 48.9 Å². The summed E-state index contributed by atoms with van der Waals surface area (Å²) >= 11 is 0. The zero-order valence-electron chi connectivity index (χ0n) is 6.34. The molecule has 0 heterocycles. The molecule has 0 aliphatic heterocycles. The van der Waals surface area contributed by atoms with Crippen molar-refractivity contribution in [2.45, 2.75) is 0 Å². The van der Waals surface area contributed by atoms with E-state index in [1.807, 2.05) is 0 Å². The van der Waals surface area contributed by atoms with Crippen LogP contribution in [-0.2, 0) is 0 Å². The molecule has 0 aliphatic carbocycles. The fourth-order valence-corrected chi connectivity index (χ4v) is 0. The summed E-state index contributed by atoms with van der Waals surface area (Å²) in [5.74, 6) is 0. The molecule has 0 aliphatic rings. The van der Waals surface area contributed by atoms with Gasteiger partial charge in [0.1, 0.15) is 0 Å². The second-order valence-corrected chi connectivity index (χ2v) is 0. The average molecular weight is 227 g/mol. The molecule has 0 rings (SSSR count). The van der Waals surface area contributed by atoms with Crippen LogP contribution in [0.15, 0.2) is 0 Å². The fraction of sp³-hybridized carbons (Fsp3) is 0. The van der Waals surface area contributed by atoms with E-state index in [9.17, 15) is 0 Å². The monoisotopic (exact) mass is 228 g/mol. The molecule has 0 aromatic rings. The quantitative estimate of drug-likeness (QED) is 0.319. The summed E-state index contributed by atoms with van der Waals surface area (Å²) < 4.78 is 0. The summed E-state index contributed by atoms with van der Waals surface area (Å²) in [4.78, 5) is 0. The van der Waals surface area contributed by atoms with E-state index in [0.29, 0.717) is 0 Å². The Balaban J connectivity index is 0. The maximum absolute atomic E-state index is 0. The van der Waals surface area contributed by atoms with Crippen molar-refractivity contribution in [3.05, 3.63) is 0 Å². The summed E-state index contributed by atoms with van der Waals surface area (Å²) in [6, 6.07) is 0. The zero-order chi connectivity index (χ0) is 0. The molecule has 0 amide bonds. The van der Waals surface area contributed by atoms with Crippen LogP contribution in [0.25, 0.3) is 0 Å². The molecule has 0 aromatic carbocycles. The minimum atomic E-state index is 0. The van der Waals surface area contributed by atoms with E-state index in [2.05, 4.69) is 0 Å². The Morgan fingerprint density at radius 3 is 0.667 bits per heavy atom. The van der Waals surface area contributed by atoms with Gasteiger partial charge in [-0.2, -0.15) is 0 Å². The first-order valence-electron chi connectivity index (χ1n) is 0. The van der Waals surface area contributed by atoms with Crippen molar-refractivity contribution in [3.63, 3.8) is 0 Å². The van der Waals surface area contributed by atoms with Crippen molar-refractivity contribution in [2.24, 2.45) is 0 Å². The first-order valence-corrected chi connectivity index (χ1v) is 0. The van der Waals surface area contributed by atoms with Gasteiger partial charge in [-0.3, -0.25) is 18.8 Å². The molecule has 0 spiro atoms. The molecule has 0 aromatic heterocycles. The maximum atomic E-state index is 0. The van der Waals surface area contributed by atoms with Gasteiger partial charge in [-0.05, 0) is 0 Å². The number of hydrogen-bond donors (Lipinski definition) is 0. The molecule has 0 atom stereocenters. The van der Waals surface area contributed by atoms with Gasteiger partial charge in [0.05, 0.1) is 0 Å². The number of rotatable bonds is 0. The van der Waals surface area contributed by atoms with Gasteiger partial charge in [0, 0.05) is 0 Å². The van der Waals surface area contributed by atoms with Gasteiger partial charge in [0.15, 0.2) is 0 Å². The van der Waals surface area contributed by atoms with Gasteiger partial charge in [0.25, 0.3) is 0 Å². The van der Waals surface area contributed by atoms with Crippen molar-refractivity contribution in [2.75, 3.05) is 0 Å². The summed E-state index contributed by atoms with van der Waals surface area (Å²) in [5, 5.41) is 0. The predicted octanol–water partition coefficient (Wildman–Crippen LogP) is -2.43. The molecule has 0 unspecified atom stereocenters. The van der Waals surface area contributed by atoms with Crippen molar-refractivity contribution in [1.82, 2.24) is 0 Å². The first kappa shape index (κ1) is 105. The van der Waals surface area contributed by atoms with Crippen molar-refractivity contribution in [1.29, 1.82) is 0 Å². The molecule has 6 heteroatoms. The van der Waals surface area contributed by atoms with Gasteiger partial charge >= 0.3 is 67.7 Å². The Morgan fingerprint density at radius 1 is 0.667 bits per heavy atom. The van der Waals surface area contributed by atoms with Crippen molar-refractivity contribution < 1.29 is 42.0 Å². The normalized spacial score (nSPS) is 0. The summed E-state index contributed by atoms with van der Waals surface area (Å²) in [5.41, 5.74) is 0. The van der Waals surface area contributed by atoms with Crippen molar-refractivity contribution in [3.8, 4) is 0 Å². The minimum absolute atomic E-state index is 0.